The second-order valence-corrected chi connectivity index (χ2v) is 9.25. The fourth-order valence-corrected chi connectivity index (χ4v) is 4.28. The lowest BCUT2D eigenvalue weighted by molar-refractivity contribution is -0.385. The van der Waals surface area contributed by atoms with Crippen molar-refractivity contribution < 1.29 is 14.8 Å². The zero-order valence-electron chi connectivity index (χ0n) is 18.4. The Morgan fingerprint density at radius 3 is 2.63 bits per heavy atom. The van der Waals surface area contributed by atoms with Crippen LogP contribution in [0.3, 0.4) is 0 Å². The molecule has 0 aliphatic carbocycles. The zero-order chi connectivity index (χ0) is 24.9. The first kappa shape index (κ1) is 24.8. The Labute approximate surface area is 216 Å². The number of anilines is 4. The first-order valence-corrected chi connectivity index (χ1v) is 12.0. The Morgan fingerprint density at radius 2 is 1.91 bits per heavy atom. The predicted octanol–water partition coefficient (Wildman–Crippen LogP) is 4.35. The van der Waals surface area contributed by atoms with Gasteiger partial charge in [0, 0.05) is 33.7 Å². The fourth-order valence-electron chi connectivity index (χ4n) is 3.22. The number of nitrogens with zero attached hydrogens (tertiary/aromatic N) is 6. The first-order valence-electron chi connectivity index (χ1n) is 10.4. The van der Waals surface area contributed by atoms with Gasteiger partial charge in [-0.1, -0.05) is 22.0 Å². The molecule has 0 atom stereocenters. The summed E-state index contributed by atoms with van der Waals surface area (Å²) in [6, 6.07) is 8.55. The van der Waals surface area contributed by atoms with Crippen LogP contribution in [0.4, 0.5) is 29.2 Å². The van der Waals surface area contributed by atoms with E-state index in [0.29, 0.717) is 42.7 Å². The van der Waals surface area contributed by atoms with Crippen LogP contribution >= 0.6 is 31.9 Å². The van der Waals surface area contributed by atoms with Crippen LogP contribution in [-0.2, 0) is 4.74 Å². The molecule has 0 radical (unpaired) electrons. The van der Waals surface area contributed by atoms with Crippen LogP contribution in [-0.4, -0.2) is 57.5 Å². The molecule has 1 aliphatic rings. The molecule has 2 heterocycles. The summed E-state index contributed by atoms with van der Waals surface area (Å²) in [7, 11) is 0. The Balaban J connectivity index is 1.62. The molecule has 0 spiro atoms. The number of ether oxygens (including phenoxy) is 1. The van der Waals surface area contributed by atoms with E-state index < -0.39 is 16.4 Å². The van der Waals surface area contributed by atoms with Gasteiger partial charge < -0.3 is 20.1 Å². The molecule has 1 aromatic heterocycles. The monoisotopic (exact) mass is 606 g/mol. The molecule has 1 saturated heterocycles. The molecule has 12 nitrogen and oxygen atoms in total. The molecule has 0 unspecified atom stereocenters. The summed E-state index contributed by atoms with van der Waals surface area (Å²) in [5, 5.41) is 28.6. The maximum absolute atomic E-state index is 11.2. The van der Waals surface area contributed by atoms with Gasteiger partial charge in [-0.2, -0.15) is 20.1 Å². The van der Waals surface area contributed by atoms with Gasteiger partial charge in [0.25, 0.3) is 0 Å². The zero-order valence-corrected chi connectivity index (χ0v) is 21.6. The van der Waals surface area contributed by atoms with E-state index in [1.54, 1.807) is 0 Å². The van der Waals surface area contributed by atoms with Gasteiger partial charge in [0.05, 0.1) is 30.0 Å². The van der Waals surface area contributed by atoms with Crippen molar-refractivity contribution in [1.82, 2.24) is 15.0 Å². The van der Waals surface area contributed by atoms with Crippen LogP contribution in [0.5, 0.6) is 5.75 Å². The van der Waals surface area contributed by atoms with Gasteiger partial charge in [0.15, 0.2) is 0 Å². The molecule has 3 N–H and O–H groups in total. The van der Waals surface area contributed by atoms with Crippen LogP contribution in [0, 0.1) is 17.0 Å². The molecule has 14 heteroatoms. The van der Waals surface area contributed by atoms with Gasteiger partial charge in [-0.25, -0.2) is 5.43 Å². The smallest absolute Gasteiger partial charge is 0.312 e. The number of nitrogens with one attached hydrogen (secondary N) is 2. The maximum Gasteiger partial charge on any atom is 0.312 e. The molecule has 0 amide bonds. The third-order valence-corrected chi connectivity index (χ3v) is 6.05. The molecule has 2 aromatic carbocycles. The van der Waals surface area contributed by atoms with Crippen LogP contribution in [0.1, 0.15) is 11.1 Å². The topological polar surface area (TPSA) is 151 Å². The molecule has 1 aliphatic heterocycles. The molecular weight excluding hydrogens is 588 g/mol. The highest BCUT2D eigenvalue weighted by Crippen LogP contribution is 2.32. The maximum atomic E-state index is 11.2. The number of nitro groups is 1. The van der Waals surface area contributed by atoms with Crippen LogP contribution in [0.2, 0.25) is 0 Å². The molecule has 0 saturated carbocycles. The highest BCUT2D eigenvalue weighted by Gasteiger charge is 2.19. The summed E-state index contributed by atoms with van der Waals surface area (Å²) < 4.78 is 6.69. The second-order valence-electron chi connectivity index (χ2n) is 7.48. The number of rotatable bonds is 7. The molecule has 0 bridgehead atoms. The Hall–Kier alpha value is -3.36. The summed E-state index contributed by atoms with van der Waals surface area (Å²) in [5.41, 5.74) is 4.29. The lowest BCUT2D eigenvalue weighted by Gasteiger charge is -2.27. The number of hydrogen-bond acceptors (Lipinski definition) is 11. The van der Waals surface area contributed by atoms with Gasteiger partial charge in [-0.15, -0.1) is 0 Å². The third kappa shape index (κ3) is 6.21. The molecule has 3 aromatic rings. The minimum atomic E-state index is -0.674. The van der Waals surface area contributed by atoms with Gasteiger partial charge in [0.1, 0.15) is 0 Å². The largest absolute Gasteiger partial charge is 0.502 e. The number of aromatic nitrogens is 3. The van der Waals surface area contributed by atoms with E-state index in [1.807, 2.05) is 30.0 Å². The molecule has 4 rings (SSSR count). The van der Waals surface area contributed by atoms with Crippen LogP contribution in [0.15, 0.2) is 44.4 Å². The Kier molecular flexibility index (Phi) is 7.73. The number of morpholine rings is 1. The summed E-state index contributed by atoms with van der Waals surface area (Å²) in [6.45, 7) is 4.34. The lowest BCUT2D eigenvalue weighted by Crippen LogP contribution is -2.37. The van der Waals surface area contributed by atoms with Crippen LogP contribution in [0.25, 0.3) is 0 Å². The quantitative estimate of drug-likeness (QED) is 0.201. The fraction of sp³-hybridized carbons (Fsp3) is 0.238. The van der Waals surface area contributed by atoms with E-state index in [-0.39, 0.29) is 11.5 Å². The van der Waals surface area contributed by atoms with Crippen molar-refractivity contribution in [2.75, 3.05) is 41.9 Å². The Bertz CT molecular complexity index is 1280. The van der Waals surface area contributed by atoms with Gasteiger partial charge in [0.2, 0.25) is 23.6 Å². The van der Waals surface area contributed by atoms with Gasteiger partial charge in [-0.05, 0) is 46.6 Å². The number of benzene rings is 2. The van der Waals surface area contributed by atoms with Crippen molar-refractivity contribution in [3.8, 4) is 5.75 Å². The van der Waals surface area contributed by atoms with E-state index in [0.717, 1.165) is 15.7 Å². The Morgan fingerprint density at radius 1 is 1.17 bits per heavy atom. The summed E-state index contributed by atoms with van der Waals surface area (Å²) in [6.07, 6.45) is 1.24. The summed E-state index contributed by atoms with van der Waals surface area (Å²) >= 11 is 6.74. The van der Waals surface area contributed by atoms with E-state index >= 15 is 0 Å². The van der Waals surface area contributed by atoms with E-state index in [4.69, 9.17) is 4.74 Å². The molecule has 182 valence electrons. The highest BCUT2D eigenvalue weighted by atomic mass is 79.9. The van der Waals surface area contributed by atoms with Crippen molar-refractivity contribution in [2.24, 2.45) is 5.10 Å². The summed E-state index contributed by atoms with van der Waals surface area (Å²) in [5.74, 6) is 0.379. The van der Waals surface area contributed by atoms with Gasteiger partial charge in [-0.3, -0.25) is 10.1 Å². The van der Waals surface area contributed by atoms with Gasteiger partial charge >= 0.3 is 5.69 Å². The average Bonchev–Trinajstić information content (AvgIpc) is 2.83. The van der Waals surface area contributed by atoms with E-state index in [2.05, 4.69) is 62.7 Å². The van der Waals surface area contributed by atoms with Crippen molar-refractivity contribution in [3.63, 3.8) is 0 Å². The van der Waals surface area contributed by atoms with E-state index in [1.165, 1.54) is 18.3 Å². The number of hydrazone groups is 1. The minimum absolute atomic E-state index is 0.142. The lowest BCUT2D eigenvalue weighted by atomic mass is 10.2. The highest BCUT2D eigenvalue weighted by molar-refractivity contribution is 9.10. The number of hydrogen-bond donors (Lipinski definition) is 3. The normalized spacial score (nSPS) is 13.7. The molecular formula is C21H20Br2N8O4. The molecule has 1 fully saturated rings. The number of aromatic hydroxyl groups is 1. The van der Waals surface area contributed by atoms with Crippen molar-refractivity contribution in [1.29, 1.82) is 0 Å². The number of phenols is 1. The second kappa shape index (κ2) is 10.9. The molecule has 35 heavy (non-hydrogen) atoms. The average molecular weight is 608 g/mol. The van der Waals surface area contributed by atoms with Crippen molar-refractivity contribution in [2.45, 2.75) is 6.92 Å². The third-order valence-electron chi connectivity index (χ3n) is 4.94. The standard InChI is InChI=1S/C21H20Br2N8O4/c1-12-2-3-16(15(23)8-12)25-19-26-20(28-21(27-19)30-4-6-35-7-5-30)29-24-11-13-9-14(22)10-17(18(13)32)31(33)34/h2-3,8-11,32H,4-7H2,1H3,(H2,25,26,27,28,29)/b24-11+. The SMILES string of the molecule is Cc1ccc(Nc2nc(N/N=C/c3cc(Br)cc([N+](=O)[O-])c3O)nc(N3CCOCC3)n2)c(Br)c1. The van der Waals surface area contributed by atoms with Crippen molar-refractivity contribution >= 4 is 67.3 Å². The number of phenolic OH excluding ortho intramolecular Hbond substituents is 1. The number of aryl methyl sites for hydroxylation is 1. The van der Waals surface area contributed by atoms with E-state index in [9.17, 15) is 15.2 Å². The number of nitro benzene ring substituents is 1. The van der Waals surface area contributed by atoms with Crippen molar-refractivity contribution in [3.05, 3.63) is 60.5 Å². The van der Waals surface area contributed by atoms with Crippen LogP contribution < -0.4 is 15.6 Å². The first-order chi connectivity index (χ1) is 16.8. The summed E-state index contributed by atoms with van der Waals surface area (Å²) in [4.78, 5) is 25.8. The predicted molar refractivity (Wildman–Crippen MR) is 139 cm³/mol. The number of halogens is 2. The minimum Gasteiger partial charge on any atom is -0.502 e.